The van der Waals surface area contributed by atoms with Gasteiger partial charge in [-0.05, 0) is 25.7 Å². The number of hydrogen-bond acceptors (Lipinski definition) is 4. The van der Waals surface area contributed by atoms with Gasteiger partial charge in [0.1, 0.15) is 11.6 Å². The SMILES string of the molecule is Cc1cc(N2CCCC(C)C2CN)nc(C(C)C)n1. The van der Waals surface area contributed by atoms with Crippen molar-refractivity contribution in [2.24, 2.45) is 11.7 Å². The van der Waals surface area contributed by atoms with Gasteiger partial charge in [-0.1, -0.05) is 20.8 Å². The van der Waals surface area contributed by atoms with Crippen LogP contribution in [0.15, 0.2) is 6.07 Å². The van der Waals surface area contributed by atoms with Gasteiger partial charge in [-0.2, -0.15) is 0 Å². The molecule has 0 aliphatic carbocycles. The smallest absolute Gasteiger partial charge is 0.133 e. The van der Waals surface area contributed by atoms with Crippen LogP contribution in [0.3, 0.4) is 0 Å². The lowest BCUT2D eigenvalue weighted by Gasteiger charge is -2.40. The standard InChI is InChI=1S/C15H26N4/c1-10(2)15-17-12(4)8-14(18-15)19-7-5-6-11(3)13(19)9-16/h8,10-11,13H,5-7,9,16H2,1-4H3. The number of aryl methyl sites for hydroxylation is 1. The third kappa shape index (κ3) is 3.06. The Bertz CT molecular complexity index is 430. The van der Waals surface area contributed by atoms with Crippen LogP contribution in [-0.4, -0.2) is 29.1 Å². The fraction of sp³-hybridized carbons (Fsp3) is 0.733. The predicted molar refractivity (Wildman–Crippen MR) is 79.4 cm³/mol. The summed E-state index contributed by atoms with van der Waals surface area (Å²) in [5.74, 6) is 2.98. The van der Waals surface area contributed by atoms with E-state index in [4.69, 9.17) is 10.7 Å². The average molecular weight is 262 g/mol. The molecule has 1 saturated heterocycles. The molecule has 1 aromatic heterocycles. The van der Waals surface area contributed by atoms with Gasteiger partial charge < -0.3 is 10.6 Å². The second-order valence-electron chi connectivity index (χ2n) is 6.00. The minimum absolute atomic E-state index is 0.359. The van der Waals surface area contributed by atoms with Crippen molar-refractivity contribution in [2.75, 3.05) is 18.0 Å². The van der Waals surface area contributed by atoms with E-state index in [0.717, 1.165) is 23.9 Å². The van der Waals surface area contributed by atoms with Gasteiger partial charge >= 0.3 is 0 Å². The highest BCUT2D eigenvalue weighted by Crippen LogP contribution is 2.28. The molecule has 19 heavy (non-hydrogen) atoms. The molecule has 2 atom stereocenters. The molecule has 106 valence electrons. The van der Waals surface area contributed by atoms with Crippen molar-refractivity contribution in [1.82, 2.24) is 9.97 Å². The molecule has 0 amide bonds. The topological polar surface area (TPSA) is 55.0 Å². The van der Waals surface area contributed by atoms with Gasteiger partial charge in [0.25, 0.3) is 0 Å². The van der Waals surface area contributed by atoms with Gasteiger partial charge in [-0.3, -0.25) is 0 Å². The van der Waals surface area contributed by atoms with Crippen LogP contribution in [0.25, 0.3) is 0 Å². The number of piperidine rings is 1. The molecule has 2 rings (SSSR count). The summed E-state index contributed by atoms with van der Waals surface area (Å²) in [6, 6.07) is 2.50. The van der Waals surface area contributed by atoms with E-state index in [1.807, 2.05) is 6.92 Å². The first-order valence-corrected chi connectivity index (χ1v) is 7.35. The summed E-state index contributed by atoms with van der Waals surface area (Å²) >= 11 is 0. The van der Waals surface area contributed by atoms with Crippen LogP contribution in [0, 0.1) is 12.8 Å². The maximum absolute atomic E-state index is 5.97. The van der Waals surface area contributed by atoms with Crippen LogP contribution in [-0.2, 0) is 0 Å². The fourth-order valence-corrected chi connectivity index (χ4v) is 2.87. The summed E-state index contributed by atoms with van der Waals surface area (Å²) in [5.41, 5.74) is 7.02. The Balaban J connectivity index is 2.34. The number of anilines is 1. The summed E-state index contributed by atoms with van der Waals surface area (Å²) in [7, 11) is 0. The van der Waals surface area contributed by atoms with Crippen LogP contribution in [0.5, 0.6) is 0 Å². The number of rotatable bonds is 3. The zero-order valence-corrected chi connectivity index (χ0v) is 12.6. The van der Waals surface area contributed by atoms with Crippen molar-refractivity contribution in [3.8, 4) is 0 Å². The molecule has 0 spiro atoms. The molecule has 0 saturated carbocycles. The first-order chi connectivity index (χ1) is 9.02. The molecule has 0 bridgehead atoms. The Morgan fingerprint density at radius 3 is 2.79 bits per heavy atom. The second kappa shape index (κ2) is 5.87. The van der Waals surface area contributed by atoms with Crippen LogP contribution in [0.4, 0.5) is 5.82 Å². The van der Waals surface area contributed by atoms with Gasteiger partial charge in [-0.25, -0.2) is 9.97 Å². The molecule has 1 aliphatic rings. The van der Waals surface area contributed by atoms with Crippen molar-refractivity contribution in [3.63, 3.8) is 0 Å². The van der Waals surface area contributed by atoms with Crippen molar-refractivity contribution >= 4 is 5.82 Å². The molecule has 1 fully saturated rings. The molecular formula is C15H26N4. The minimum atomic E-state index is 0.359. The molecule has 1 aromatic rings. The summed E-state index contributed by atoms with van der Waals surface area (Å²) in [4.78, 5) is 11.7. The zero-order valence-electron chi connectivity index (χ0n) is 12.6. The first kappa shape index (κ1) is 14.3. The molecule has 4 nitrogen and oxygen atoms in total. The number of nitrogens with zero attached hydrogens (tertiary/aromatic N) is 3. The lowest BCUT2D eigenvalue weighted by molar-refractivity contribution is 0.347. The lowest BCUT2D eigenvalue weighted by atomic mass is 9.91. The third-order valence-corrected chi connectivity index (χ3v) is 4.03. The molecule has 2 heterocycles. The molecule has 2 unspecified atom stereocenters. The highest BCUT2D eigenvalue weighted by atomic mass is 15.2. The van der Waals surface area contributed by atoms with Crippen molar-refractivity contribution in [2.45, 2.75) is 52.5 Å². The van der Waals surface area contributed by atoms with Crippen LogP contribution < -0.4 is 10.6 Å². The maximum atomic E-state index is 5.97. The Hall–Kier alpha value is -1.16. The minimum Gasteiger partial charge on any atom is -0.352 e. The van der Waals surface area contributed by atoms with Gasteiger partial charge in [0.05, 0.1) is 0 Å². The molecule has 2 N–H and O–H groups in total. The number of aromatic nitrogens is 2. The second-order valence-corrected chi connectivity index (χ2v) is 6.00. The lowest BCUT2D eigenvalue weighted by Crippen LogP contribution is -2.49. The van der Waals surface area contributed by atoms with Crippen LogP contribution in [0.2, 0.25) is 0 Å². The third-order valence-electron chi connectivity index (χ3n) is 4.03. The molecular weight excluding hydrogens is 236 g/mol. The number of nitrogens with two attached hydrogens (primary N) is 1. The average Bonchev–Trinajstić information content (AvgIpc) is 2.37. The largest absolute Gasteiger partial charge is 0.352 e. The van der Waals surface area contributed by atoms with Gasteiger partial charge in [0, 0.05) is 36.8 Å². The van der Waals surface area contributed by atoms with Crippen LogP contribution in [0.1, 0.15) is 51.0 Å². The van der Waals surface area contributed by atoms with Crippen molar-refractivity contribution in [3.05, 3.63) is 17.6 Å². The highest BCUT2D eigenvalue weighted by molar-refractivity contribution is 5.42. The quantitative estimate of drug-likeness (QED) is 0.909. The van der Waals surface area contributed by atoms with E-state index < -0.39 is 0 Å². The molecule has 4 heteroatoms. The predicted octanol–water partition coefficient (Wildman–Crippen LogP) is 2.47. The Kier molecular flexibility index (Phi) is 4.40. The van der Waals surface area contributed by atoms with Crippen molar-refractivity contribution < 1.29 is 0 Å². The monoisotopic (exact) mass is 262 g/mol. The van der Waals surface area contributed by atoms with E-state index in [9.17, 15) is 0 Å². The molecule has 0 radical (unpaired) electrons. The van der Waals surface area contributed by atoms with Crippen molar-refractivity contribution in [1.29, 1.82) is 0 Å². The molecule has 0 aromatic carbocycles. The summed E-state index contributed by atoms with van der Waals surface area (Å²) in [6.07, 6.45) is 2.48. The first-order valence-electron chi connectivity index (χ1n) is 7.35. The van der Waals surface area contributed by atoms with Crippen LogP contribution >= 0.6 is 0 Å². The maximum Gasteiger partial charge on any atom is 0.133 e. The normalized spacial score (nSPS) is 24.0. The Labute approximate surface area is 116 Å². The van der Waals surface area contributed by atoms with E-state index >= 15 is 0 Å². The van der Waals surface area contributed by atoms with Gasteiger partial charge in [-0.15, -0.1) is 0 Å². The fourth-order valence-electron chi connectivity index (χ4n) is 2.87. The summed E-state index contributed by atoms with van der Waals surface area (Å²) in [6.45, 7) is 10.4. The van der Waals surface area contributed by atoms with Gasteiger partial charge in [0.15, 0.2) is 0 Å². The van der Waals surface area contributed by atoms with E-state index in [-0.39, 0.29) is 0 Å². The van der Waals surface area contributed by atoms with E-state index in [2.05, 4.69) is 36.7 Å². The Morgan fingerprint density at radius 2 is 2.16 bits per heavy atom. The summed E-state index contributed by atoms with van der Waals surface area (Å²) in [5, 5.41) is 0. The Morgan fingerprint density at radius 1 is 1.42 bits per heavy atom. The zero-order chi connectivity index (χ0) is 14.0. The number of hydrogen-bond donors (Lipinski definition) is 1. The van der Waals surface area contributed by atoms with E-state index in [1.165, 1.54) is 12.8 Å². The van der Waals surface area contributed by atoms with E-state index in [1.54, 1.807) is 0 Å². The molecule has 1 aliphatic heterocycles. The van der Waals surface area contributed by atoms with E-state index in [0.29, 0.717) is 24.4 Å². The highest BCUT2D eigenvalue weighted by Gasteiger charge is 2.28. The van der Waals surface area contributed by atoms with Gasteiger partial charge in [0.2, 0.25) is 0 Å². The summed E-state index contributed by atoms with van der Waals surface area (Å²) < 4.78 is 0.